The average molecular weight is 686 g/mol. The predicted molar refractivity (Wildman–Crippen MR) is 184 cm³/mol. The van der Waals surface area contributed by atoms with Crippen molar-refractivity contribution in [2.45, 2.75) is 70.7 Å². The molecule has 5 aromatic rings. The van der Waals surface area contributed by atoms with Gasteiger partial charge in [0.15, 0.2) is 0 Å². The molecule has 4 aromatic carbocycles. The lowest BCUT2D eigenvalue weighted by Crippen LogP contribution is -2.46. The Bertz CT molecular complexity index is 1670. The molecular formula is C39H38BrFO3S. The van der Waals surface area contributed by atoms with Crippen LogP contribution in [0.25, 0.3) is 10.4 Å². The number of hydrogen-bond donors (Lipinski definition) is 0. The van der Waals surface area contributed by atoms with Gasteiger partial charge in [-0.05, 0) is 77.1 Å². The Balaban J connectivity index is 1.30. The van der Waals surface area contributed by atoms with Crippen LogP contribution in [-0.2, 0) is 33.8 Å². The van der Waals surface area contributed by atoms with E-state index in [0.717, 1.165) is 50.9 Å². The topological polar surface area (TPSA) is 27.7 Å². The van der Waals surface area contributed by atoms with Gasteiger partial charge < -0.3 is 14.2 Å². The van der Waals surface area contributed by atoms with E-state index >= 15 is 0 Å². The zero-order valence-electron chi connectivity index (χ0n) is 25.6. The maximum absolute atomic E-state index is 13.5. The summed E-state index contributed by atoms with van der Waals surface area (Å²) in [5.74, 6) is -0.220. The zero-order valence-corrected chi connectivity index (χ0v) is 28.0. The van der Waals surface area contributed by atoms with E-state index in [1.54, 1.807) is 11.3 Å². The maximum atomic E-state index is 13.5. The minimum atomic E-state index is -0.306. The lowest BCUT2D eigenvalue weighted by atomic mass is 9.89. The number of thiophene rings is 1. The zero-order chi connectivity index (χ0) is 31.2. The standard InChI is InChI=1S/C39H38BrFO3S/c1-3-32-23-36(42-24-27-10-6-4-7-11-27)39(43-25-28-12-8-5-9-13-28)38(44-32)34-22-30(26(2)20-35(34)40)21-33-18-19-37(45-33)29-14-16-31(41)17-15-29/h4-20,22,32,36,38-39H,3,21,23-25H2,1-2H3/t32-,36+,38+,39-/m1/s1. The fourth-order valence-corrected chi connectivity index (χ4v) is 7.64. The molecule has 0 bridgehead atoms. The molecule has 45 heavy (non-hydrogen) atoms. The van der Waals surface area contributed by atoms with Crippen molar-refractivity contribution in [3.8, 4) is 10.4 Å². The van der Waals surface area contributed by atoms with Crippen molar-refractivity contribution in [1.82, 2.24) is 0 Å². The number of halogens is 2. The van der Waals surface area contributed by atoms with Crippen LogP contribution in [0.5, 0.6) is 0 Å². The van der Waals surface area contributed by atoms with E-state index in [1.165, 1.54) is 28.1 Å². The summed E-state index contributed by atoms with van der Waals surface area (Å²) >= 11 is 5.65. The molecule has 0 N–H and O–H groups in total. The number of ether oxygens (including phenoxy) is 3. The fraction of sp³-hybridized carbons (Fsp3) is 0.282. The third-order valence-electron chi connectivity index (χ3n) is 8.46. The van der Waals surface area contributed by atoms with Crippen LogP contribution in [0.3, 0.4) is 0 Å². The van der Waals surface area contributed by atoms with Gasteiger partial charge in [-0.3, -0.25) is 0 Å². The van der Waals surface area contributed by atoms with Crippen molar-refractivity contribution in [3.63, 3.8) is 0 Å². The van der Waals surface area contributed by atoms with Gasteiger partial charge >= 0.3 is 0 Å². The molecule has 1 aliphatic heterocycles. The Hall–Kier alpha value is -3.13. The Morgan fingerprint density at radius 1 is 0.844 bits per heavy atom. The monoisotopic (exact) mass is 684 g/mol. The normalized spacial score (nSPS) is 19.9. The fourth-order valence-electron chi connectivity index (χ4n) is 5.92. The molecule has 1 fully saturated rings. The first-order chi connectivity index (χ1) is 22.0. The van der Waals surface area contributed by atoms with Gasteiger partial charge in [-0.1, -0.05) is 102 Å². The minimum Gasteiger partial charge on any atom is -0.371 e. The van der Waals surface area contributed by atoms with Gasteiger partial charge in [-0.2, -0.15) is 0 Å². The van der Waals surface area contributed by atoms with E-state index in [2.05, 4.69) is 78.3 Å². The van der Waals surface area contributed by atoms with Gasteiger partial charge in [0.05, 0.1) is 25.4 Å². The Labute approximate surface area is 278 Å². The van der Waals surface area contributed by atoms with Crippen LogP contribution in [0.4, 0.5) is 4.39 Å². The van der Waals surface area contributed by atoms with Crippen molar-refractivity contribution in [1.29, 1.82) is 0 Å². The molecule has 6 heteroatoms. The van der Waals surface area contributed by atoms with Crippen LogP contribution in [0.15, 0.2) is 114 Å². The molecular weight excluding hydrogens is 647 g/mol. The van der Waals surface area contributed by atoms with Crippen LogP contribution in [-0.4, -0.2) is 18.3 Å². The highest BCUT2D eigenvalue weighted by atomic mass is 79.9. The molecule has 4 atom stereocenters. The summed E-state index contributed by atoms with van der Waals surface area (Å²) in [6, 6.07) is 36.1. The van der Waals surface area contributed by atoms with Crippen molar-refractivity contribution in [2.75, 3.05) is 0 Å². The summed E-state index contributed by atoms with van der Waals surface area (Å²) in [5, 5.41) is 0. The van der Waals surface area contributed by atoms with Gasteiger partial charge in [-0.15, -0.1) is 11.3 Å². The molecule has 0 amide bonds. The lowest BCUT2D eigenvalue weighted by Gasteiger charge is -2.42. The summed E-state index contributed by atoms with van der Waals surface area (Å²) in [7, 11) is 0. The number of hydrogen-bond acceptors (Lipinski definition) is 4. The maximum Gasteiger partial charge on any atom is 0.123 e. The molecule has 0 unspecified atom stereocenters. The van der Waals surface area contributed by atoms with E-state index in [4.69, 9.17) is 14.2 Å². The summed E-state index contributed by atoms with van der Waals surface area (Å²) in [6.45, 7) is 5.33. The van der Waals surface area contributed by atoms with E-state index < -0.39 is 0 Å². The first kappa shape index (κ1) is 31.8. The second-order valence-corrected chi connectivity index (χ2v) is 13.7. The Morgan fingerprint density at radius 2 is 1.51 bits per heavy atom. The van der Waals surface area contributed by atoms with Crippen LogP contribution in [0.2, 0.25) is 0 Å². The molecule has 0 aliphatic carbocycles. The lowest BCUT2D eigenvalue weighted by molar-refractivity contribution is -0.211. The molecule has 232 valence electrons. The highest BCUT2D eigenvalue weighted by molar-refractivity contribution is 9.10. The van der Waals surface area contributed by atoms with Gasteiger partial charge in [0.2, 0.25) is 0 Å². The van der Waals surface area contributed by atoms with E-state index in [0.29, 0.717) is 13.2 Å². The highest BCUT2D eigenvalue weighted by Gasteiger charge is 2.41. The Kier molecular flexibility index (Phi) is 10.6. The van der Waals surface area contributed by atoms with Crippen molar-refractivity contribution >= 4 is 27.3 Å². The van der Waals surface area contributed by atoms with Crippen LogP contribution in [0, 0.1) is 12.7 Å². The van der Waals surface area contributed by atoms with Crippen LogP contribution < -0.4 is 0 Å². The average Bonchev–Trinajstić information content (AvgIpc) is 3.54. The molecule has 0 saturated carbocycles. The van der Waals surface area contributed by atoms with Gasteiger partial charge in [-0.25, -0.2) is 4.39 Å². The molecule has 1 aliphatic rings. The quantitative estimate of drug-likeness (QED) is 0.139. The van der Waals surface area contributed by atoms with E-state index in [9.17, 15) is 4.39 Å². The summed E-state index contributed by atoms with van der Waals surface area (Å²) in [4.78, 5) is 2.39. The molecule has 6 rings (SSSR count). The van der Waals surface area contributed by atoms with E-state index in [1.807, 2.05) is 48.5 Å². The number of aryl methyl sites for hydroxylation is 1. The van der Waals surface area contributed by atoms with Crippen molar-refractivity contribution in [2.24, 2.45) is 0 Å². The third-order valence-corrected chi connectivity index (χ3v) is 10.3. The molecule has 3 nitrogen and oxygen atoms in total. The number of benzene rings is 4. The van der Waals surface area contributed by atoms with Gasteiger partial charge in [0.1, 0.15) is 18.0 Å². The number of rotatable bonds is 11. The highest BCUT2D eigenvalue weighted by Crippen LogP contribution is 2.41. The predicted octanol–water partition coefficient (Wildman–Crippen LogP) is 10.6. The van der Waals surface area contributed by atoms with Gasteiger partial charge in [0.25, 0.3) is 0 Å². The summed E-state index contributed by atoms with van der Waals surface area (Å²) in [6.07, 6.45) is 1.78. The van der Waals surface area contributed by atoms with Crippen molar-refractivity contribution in [3.05, 3.63) is 152 Å². The SMILES string of the molecule is CC[C@@H]1C[C@H](OCc2ccccc2)[C@@H](OCc2ccccc2)[C@H](c2cc(Cc3ccc(-c4ccc(F)cc4)s3)c(C)cc2Br)O1. The molecule has 1 aromatic heterocycles. The first-order valence-corrected chi connectivity index (χ1v) is 17.2. The van der Waals surface area contributed by atoms with Crippen LogP contribution >= 0.6 is 27.3 Å². The van der Waals surface area contributed by atoms with Gasteiger partial charge in [0, 0.05) is 27.1 Å². The summed E-state index contributed by atoms with van der Waals surface area (Å²) < 4.78 is 34.7. The first-order valence-electron chi connectivity index (χ1n) is 15.6. The smallest absolute Gasteiger partial charge is 0.123 e. The molecule has 0 radical (unpaired) electrons. The third kappa shape index (κ3) is 8.00. The largest absolute Gasteiger partial charge is 0.371 e. The second-order valence-electron chi connectivity index (χ2n) is 11.7. The summed E-state index contributed by atoms with van der Waals surface area (Å²) in [5.41, 5.74) is 6.83. The second kappa shape index (κ2) is 15.0. The van der Waals surface area contributed by atoms with Crippen molar-refractivity contribution < 1.29 is 18.6 Å². The van der Waals surface area contributed by atoms with Crippen LogP contribution in [0.1, 0.15) is 58.6 Å². The Morgan fingerprint density at radius 3 is 2.18 bits per heavy atom. The molecule has 2 heterocycles. The minimum absolute atomic E-state index is 0.0552. The van der Waals surface area contributed by atoms with E-state index in [-0.39, 0.29) is 30.2 Å². The molecule has 1 saturated heterocycles. The molecule has 0 spiro atoms.